The monoisotopic (exact) mass is 167 g/mol. The van der Waals surface area contributed by atoms with E-state index in [9.17, 15) is 0 Å². The van der Waals surface area contributed by atoms with E-state index in [1.54, 1.807) is 11.3 Å². The third-order valence-electron chi connectivity index (χ3n) is 1.24. The highest BCUT2D eigenvalue weighted by Crippen LogP contribution is 2.15. The molecule has 0 N–H and O–H groups in total. The van der Waals surface area contributed by atoms with Gasteiger partial charge in [-0.2, -0.15) is 0 Å². The maximum absolute atomic E-state index is 4.14. The van der Waals surface area contributed by atoms with Gasteiger partial charge in [-0.25, -0.2) is 4.98 Å². The van der Waals surface area contributed by atoms with E-state index in [0.29, 0.717) is 0 Å². The quantitative estimate of drug-likeness (QED) is 0.530. The molecule has 0 aliphatic carbocycles. The van der Waals surface area contributed by atoms with Gasteiger partial charge < -0.3 is 0 Å². The van der Waals surface area contributed by atoms with E-state index in [2.05, 4.69) is 11.1 Å². The fraction of sp³-hybridized carbons (Fsp3) is 0. The molecule has 0 fully saturated rings. The molecule has 2 rings (SSSR count). The number of aromatic nitrogens is 1. The first-order valence-electron chi connectivity index (χ1n) is 2.75. The normalized spacial score (nSPS) is 9.20. The molecule has 1 aromatic heterocycles. The second-order valence-electron chi connectivity index (χ2n) is 1.82. The standard InChI is InChI=1S/C7H5NS.H4Si/c1-2-4-7-6(3-1)8-5-9-7;/h1-5H;1H4. The van der Waals surface area contributed by atoms with Gasteiger partial charge in [0.05, 0.1) is 15.7 Å². The summed E-state index contributed by atoms with van der Waals surface area (Å²) in [4.78, 5) is 4.14. The van der Waals surface area contributed by atoms with Crippen LogP contribution >= 0.6 is 11.3 Å². The number of hydrogen-bond donors (Lipinski definition) is 0. The predicted molar refractivity (Wildman–Crippen MR) is 51.0 cm³/mol. The first-order valence-corrected chi connectivity index (χ1v) is 3.63. The topological polar surface area (TPSA) is 12.9 Å². The van der Waals surface area contributed by atoms with Gasteiger partial charge in [0.2, 0.25) is 0 Å². The van der Waals surface area contributed by atoms with Gasteiger partial charge in [-0.05, 0) is 23.1 Å². The molecule has 0 saturated carbocycles. The summed E-state index contributed by atoms with van der Waals surface area (Å²) in [6.45, 7) is 0. The van der Waals surface area contributed by atoms with E-state index in [1.807, 2.05) is 23.7 Å². The number of rotatable bonds is 0. The van der Waals surface area contributed by atoms with E-state index in [-0.39, 0.29) is 11.0 Å². The molecule has 1 nitrogen and oxygen atoms in total. The molecular formula is C7H9NSSi. The molecule has 1 heterocycles. The lowest BCUT2D eigenvalue weighted by Crippen LogP contribution is -1.61. The van der Waals surface area contributed by atoms with Crippen molar-refractivity contribution in [3.05, 3.63) is 29.8 Å². The highest BCUT2D eigenvalue weighted by Gasteiger charge is 1.89. The molecule has 0 spiro atoms. The van der Waals surface area contributed by atoms with E-state index < -0.39 is 0 Å². The lowest BCUT2D eigenvalue weighted by molar-refractivity contribution is 1.50. The van der Waals surface area contributed by atoms with Crippen molar-refractivity contribution in [3.63, 3.8) is 0 Å². The van der Waals surface area contributed by atoms with Crippen molar-refractivity contribution >= 4 is 32.5 Å². The molecule has 2 aromatic rings. The number of thiazole rings is 1. The summed E-state index contributed by atoms with van der Waals surface area (Å²) < 4.78 is 1.26. The van der Waals surface area contributed by atoms with Crippen LogP contribution in [-0.2, 0) is 0 Å². The Morgan fingerprint density at radius 3 is 2.80 bits per heavy atom. The highest BCUT2D eigenvalue weighted by atomic mass is 32.1. The van der Waals surface area contributed by atoms with Crippen molar-refractivity contribution in [2.24, 2.45) is 0 Å². The molecule has 0 aliphatic rings. The Hall–Kier alpha value is -0.673. The van der Waals surface area contributed by atoms with Crippen molar-refractivity contribution in [1.29, 1.82) is 0 Å². The molecular weight excluding hydrogens is 158 g/mol. The first-order chi connectivity index (χ1) is 4.47. The van der Waals surface area contributed by atoms with Crippen LogP contribution in [0.3, 0.4) is 0 Å². The summed E-state index contributed by atoms with van der Waals surface area (Å²) >= 11 is 1.68. The van der Waals surface area contributed by atoms with Crippen LogP contribution in [0, 0.1) is 0 Å². The molecule has 0 radical (unpaired) electrons. The maximum atomic E-state index is 4.14. The van der Waals surface area contributed by atoms with Gasteiger partial charge in [-0.15, -0.1) is 11.3 Å². The molecule has 0 atom stereocenters. The van der Waals surface area contributed by atoms with Crippen LogP contribution in [-0.4, -0.2) is 15.9 Å². The number of fused-ring (bicyclic) bond motifs is 1. The van der Waals surface area contributed by atoms with Crippen LogP contribution in [0.4, 0.5) is 0 Å². The Balaban J connectivity index is 0.000000500. The van der Waals surface area contributed by atoms with E-state index >= 15 is 0 Å². The average molecular weight is 167 g/mol. The third kappa shape index (κ3) is 1.10. The smallest absolute Gasteiger partial charge is 0.0812 e. The van der Waals surface area contributed by atoms with Crippen LogP contribution in [0.5, 0.6) is 0 Å². The molecule has 0 aliphatic heterocycles. The van der Waals surface area contributed by atoms with Gasteiger partial charge in [-0.3, -0.25) is 0 Å². The van der Waals surface area contributed by atoms with E-state index in [0.717, 1.165) is 5.52 Å². The fourth-order valence-electron chi connectivity index (χ4n) is 0.803. The molecule has 0 amide bonds. The fourth-order valence-corrected chi connectivity index (χ4v) is 1.48. The second kappa shape index (κ2) is 2.94. The number of hydrogen-bond acceptors (Lipinski definition) is 2. The minimum Gasteiger partial charge on any atom is -0.245 e. The minimum absolute atomic E-state index is 0. The molecule has 10 heavy (non-hydrogen) atoms. The maximum Gasteiger partial charge on any atom is 0.0812 e. The average Bonchev–Trinajstić information content (AvgIpc) is 2.33. The van der Waals surface area contributed by atoms with E-state index in [4.69, 9.17) is 0 Å². The highest BCUT2D eigenvalue weighted by molar-refractivity contribution is 7.16. The Kier molecular flexibility index (Phi) is 2.19. The van der Waals surface area contributed by atoms with Gasteiger partial charge in [-0.1, -0.05) is 12.1 Å². The van der Waals surface area contributed by atoms with Gasteiger partial charge >= 0.3 is 0 Å². The lowest BCUT2D eigenvalue weighted by atomic mass is 10.3. The van der Waals surface area contributed by atoms with Crippen molar-refractivity contribution in [2.45, 2.75) is 0 Å². The number of nitrogens with zero attached hydrogens (tertiary/aromatic N) is 1. The summed E-state index contributed by atoms with van der Waals surface area (Å²) in [5.74, 6) is 0. The first kappa shape index (κ1) is 7.43. The third-order valence-corrected chi connectivity index (χ3v) is 2.05. The second-order valence-corrected chi connectivity index (χ2v) is 2.71. The molecule has 0 unspecified atom stereocenters. The molecule has 3 heteroatoms. The zero-order chi connectivity index (χ0) is 6.10. The predicted octanol–water partition coefficient (Wildman–Crippen LogP) is 0.845. The molecule has 0 bridgehead atoms. The van der Waals surface area contributed by atoms with Crippen LogP contribution in [0.25, 0.3) is 10.2 Å². The Bertz CT molecular complexity index is 288. The summed E-state index contributed by atoms with van der Waals surface area (Å²) in [5, 5.41) is 0. The number of benzene rings is 1. The number of para-hydroxylation sites is 1. The van der Waals surface area contributed by atoms with Crippen molar-refractivity contribution in [1.82, 2.24) is 4.98 Å². The Morgan fingerprint density at radius 1 is 1.20 bits per heavy atom. The Morgan fingerprint density at radius 2 is 2.00 bits per heavy atom. The van der Waals surface area contributed by atoms with Crippen LogP contribution < -0.4 is 0 Å². The lowest BCUT2D eigenvalue weighted by Gasteiger charge is -1.80. The van der Waals surface area contributed by atoms with Crippen molar-refractivity contribution in [2.75, 3.05) is 0 Å². The molecule has 0 saturated heterocycles. The largest absolute Gasteiger partial charge is 0.245 e. The van der Waals surface area contributed by atoms with E-state index in [1.165, 1.54) is 4.70 Å². The van der Waals surface area contributed by atoms with Gasteiger partial charge in [0.25, 0.3) is 0 Å². The van der Waals surface area contributed by atoms with Crippen LogP contribution in [0.1, 0.15) is 0 Å². The van der Waals surface area contributed by atoms with Crippen LogP contribution in [0.15, 0.2) is 29.8 Å². The summed E-state index contributed by atoms with van der Waals surface area (Å²) in [7, 11) is 0. The summed E-state index contributed by atoms with van der Waals surface area (Å²) in [6.07, 6.45) is 0. The van der Waals surface area contributed by atoms with Crippen LogP contribution in [0.2, 0.25) is 0 Å². The minimum atomic E-state index is 0. The van der Waals surface area contributed by atoms with Gasteiger partial charge in [0.1, 0.15) is 0 Å². The zero-order valence-electron chi connectivity index (χ0n) is 4.74. The molecule has 1 aromatic carbocycles. The zero-order valence-corrected chi connectivity index (χ0v) is 5.56. The SMILES string of the molecule is [SiH4].c1ccc2scnc2c1. The Labute approximate surface area is 67.7 Å². The summed E-state index contributed by atoms with van der Waals surface area (Å²) in [5.41, 5.74) is 2.97. The molecule has 52 valence electrons. The summed E-state index contributed by atoms with van der Waals surface area (Å²) in [6, 6.07) is 8.13. The van der Waals surface area contributed by atoms with Gasteiger partial charge in [0, 0.05) is 0 Å². The van der Waals surface area contributed by atoms with Crippen molar-refractivity contribution < 1.29 is 0 Å². The van der Waals surface area contributed by atoms with Gasteiger partial charge in [0.15, 0.2) is 0 Å². The van der Waals surface area contributed by atoms with Crippen molar-refractivity contribution in [3.8, 4) is 0 Å².